The molecule has 0 saturated carbocycles. The summed E-state index contributed by atoms with van der Waals surface area (Å²) in [5, 5.41) is 0. The minimum absolute atomic E-state index is 0.877. The molecule has 0 spiro atoms. The average Bonchev–Trinajstić information content (AvgIpc) is 3.25. The van der Waals surface area contributed by atoms with Gasteiger partial charge in [0.2, 0.25) is 0 Å². The Morgan fingerprint density at radius 2 is 0.603 bits per heavy atom. The van der Waals surface area contributed by atoms with Crippen LogP contribution in [0.5, 0.6) is 23.0 Å². The van der Waals surface area contributed by atoms with Crippen molar-refractivity contribution in [3.05, 3.63) is 108 Å². The molecule has 318 valence electrons. The Morgan fingerprint density at radius 3 is 0.914 bits per heavy atom. The molecule has 2 nitrogen and oxygen atoms in total. The first kappa shape index (κ1) is 47.9. The van der Waals surface area contributed by atoms with Gasteiger partial charge in [0.25, 0.3) is 0 Å². The summed E-state index contributed by atoms with van der Waals surface area (Å²) in [6, 6.07) is 34.2. The molecule has 0 aliphatic heterocycles. The minimum Gasteiger partial charge on any atom is -0.457 e. The summed E-state index contributed by atoms with van der Waals surface area (Å²) in [5.74, 6) is 3.60. The predicted molar refractivity (Wildman–Crippen MR) is 256 cm³/mol. The van der Waals surface area contributed by atoms with Gasteiger partial charge in [0.05, 0.1) is 0 Å². The maximum absolute atomic E-state index is 6.25. The molecule has 0 fully saturated rings. The van der Waals surface area contributed by atoms with Crippen LogP contribution in [0.1, 0.15) is 192 Å². The molecule has 4 rings (SSSR count). The van der Waals surface area contributed by atoms with E-state index in [0.29, 0.717) is 0 Å². The van der Waals surface area contributed by atoms with Gasteiger partial charge in [0.15, 0.2) is 0 Å². The summed E-state index contributed by atoms with van der Waals surface area (Å²) in [6.07, 6.45) is 38.5. The highest BCUT2D eigenvalue weighted by Gasteiger charge is 2.05. The average molecular weight is 823 g/mol. The largest absolute Gasteiger partial charge is 0.457 e. The molecule has 4 aromatic rings. The van der Waals surface area contributed by atoms with Crippen molar-refractivity contribution in [2.45, 2.75) is 203 Å². The van der Waals surface area contributed by atoms with Crippen molar-refractivity contribution in [3.63, 3.8) is 0 Å². The third-order valence-electron chi connectivity index (χ3n) is 11.3. The molecule has 0 bridgehead atoms. The van der Waals surface area contributed by atoms with E-state index in [9.17, 15) is 0 Å². The molecule has 58 heavy (non-hydrogen) atoms. The van der Waals surface area contributed by atoms with Crippen molar-refractivity contribution in [2.24, 2.45) is 0 Å². The molecule has 0 unspecified atom stereocenters. The van der Waals surface area contributed by atoms with Crippen molar-refractivity contribution >= 4 is 21.6 Å². The van der Waals surface area contributed by atoms with Crippen molar-refractivity contribution < 1.29 is 9.47 Å². The molecule has 0 saturated heterocycles. The van der Waals surface area contributed by atoms with E-state index in [1.165, 1.54) is 188 Å². The fourth-order valence-corrected chi connectivity index (χ4v) is 9.65. The minimum atomic E-state index is 0.877. The lowest BCUT2D eigenvalue weighted by molar-refractivity contribution is 0.481. The first-order chi connectivity index (χ1) is 28.7. The number of hydrogen-bond acceptors (Lipinski definition) is 4. The molecule has 0 aliphatic carbocycles. The van der Waals surface area contributed by atoms with E-state index >= 15 is 0 Å². The van der Waals surface area contributed by atoms with Gasteiger partial charge >= 0.3 is 0 Å². The summed E-state index contributed by atoms with van der Waals surface area (Å²) in [6.45, 7) is 4.59. The van der Waals surface area contributed by atoms with Crippen LogP contribution in [0.2, 0.25) is 0 Å². The van der Waals surface area contributed by atoms with Crippen LogP contribution in [0.15, 0.2) is 107 Å². The van der Waals surface area contributed by atoms with Crippen LogP contribution in [-0.4, -0.2) is 0 Å². The lowest BCUT2D eigenvalue weighted by atomic mass is 10.0. The van der Waals surface area contributed by atoms with Gasteiger partial charge in [-0.05, 0) is 110 Å². The Morgan fingerprint density at radius 1 is 0.310 bits per heavy atom. The SMILES string of the molecule is CCCCCCCCCCCCCCCc1cccc(Oc2ccc(SSc3ccc(Oc4cccc(CCCCCCCCCCCCCCC)c4)cc3)cc2)c1. The number of hydrogen-bond donors (Lipinski definition) is 0. The van der Waals surface area contributed by atoms with Crippen molar-refractivity contribution in [1.29, 1.82) is 0 Å². The number of ether oxygens (including phenoxy) is 2. The van der Waals surface area contributed by atoms with Crippen LogP contribution < -0.4 is 9.47 Å². The van der Waals surface area contributed by atoms with E-state index in [4.69, 9.17) is 9.47 Å². The number of aryl methyl sites for hydroxylation is 2. The number of benzene rings is 4. The van der Waals surface area contributed by atoms with Crippen LogP contribution >= 0.6 is 21.6 Å². The molecule has 0 aliphatic rings. The van der Waals surface area contributed by atoms with E-state index in [1.54, 1.807) is 21.6 Å². The Balaban J connectivity index is 1.05. The standard InChI is InChI=1S/C54H78O2S2/c1-3-5-7-9-11-13-15-17-19-21-23-25-27-31-47-33-29-35-51(45-47)55-49-37-41-53(42-38-49)57-58-54-43-39-50(40-44-54)56-52-36-30-34-48(46-52)32-28-26-24-22-20-18-16-14-12-10-8-6-4-2/h29-30,33-46H,3-28,31-32H2,1-2H3. The van der Waals surface area contributed by atoms with Gasteiger partial charge in [-0.3, -0.25) is 0 Å². The third kappa shape index (κ3) is 22.5. The molecule has 0 amide bonds. The smallest absolute Gasteiger partial charge is 0.127 e. The van der Waals surface area contributed by atoms with Gasteiger partial charge in [-0.15, -0.1) is 0 Å². The summed E-state index contributed by atoms with van der Waals surface area (Å²) < 4.78 is 12.5. The number of unbranched alkanes of at least 4 members (excludes halogenated alkanes) is 24. The molecule has 0 radical (unpaired) electrons. The highest BCUT2D eigenvalue weighted by molar-refractivity contribution is 8.76. The van der Waals surface area contributed by atoms with Crippen LogP contribution in [0.25, 0.3) is 0 Å². The molecule has 4 aromatic carbocycles. The molecule has 0 atom stereocenters. The summed E-state index contributed by atoms with van der Waals surface area (Å²) in [7, 11) is 3.53. The Kier molecular flexibility index (Phi) is 26.4. The Bertz CT molecular complexity index is 1450. The van der Waals surface area contributed by atoms with Crippen molar-refractivity contribution in [3.8, 4) is 23.0 Å². The van der Waals surface area contributed by atoms with Gasteiger partial charge in [0.1, 0.15) is 23.0 Å². The third-order valence-corrected chi connectivity index (χ3v) is 13.7. The molecule has 0 N–H and O–H groups in total. The zero-order valence-electron chi connectivity index (χ0n) is 36.7. The van der Waals surface area contributed by atoms with Gasteiger partial charge in [0, 0.05) is 9.79 Å². The van der Waals surface area contributed by atoms with E-state index in [2.05, 4.69) is 111 Å². The van der Waals surface area contributed by atoms with Gasteiger partial charge in [-0.25, -0.2) is 0 Å². The second kappa shape index (κ2) is 32.0. The van der Waals surface area contributed by atoms with Crippen molar-refractivity contribution in [1.82, 2.24) is 0 Å². The topological polar surface area (TPSA) is 18.5 Å². The van der Waals surface area contributed by atoms with Crippen LogP contribution in [0.4, 0.5) is 0 Å². The van der Waals surface area contributed by atoms with Gasteiger partial charge in [-0.1, -0.05) is 214 Å². The highest BCUT2D eigenvalue weighted by atomic mass is 33.1. The Hall–Kier alpha value is -2.82. The molecule has 0 aromatic heterocycles. The normalized spacial score (nSPS) is 11.3. The lowest BCUT2D eigenvalue weighted by Gasteiger charge is -2.10. The highest BCUT2D eigenvalue weighted by Crippen LogP contribution is 2.39. The fourth-order valence-electron chi connectivity index (χ4n) is 7.72. The second-order valence-corrected chi connectivity index (χ2v) is 18.9. The van der Waals surface area contributed by atoms with E-state index in [0.717, 1.165) is 35.8 Å². The molecule has 0 heterocycles. The lowest BCUT2D eigenvalue weighted by Crippen LogP contribution is -1.89. The zero-order chi connectivity index (χ0) is 40.6. The monoisotopic (exact) mass is 823 g/mol. The van der Waals surface area contributed by atoms with Gasteiger partial charge < -0.3 is 9.47 Å². The first-order valence-electron chi connectivity index (χ1n) is 23.8. The first-order valence-corrected chi connectivity index (χ1v) is 25.9. The quantitative estimate of drug-likeness (QED) is 0.0340. The summed E-state index contributed by atoms with van der Waals surface area (Å²) in [4.78, 5) is 2.41. The Labute approximate surface area is 363 Å². The zero-order valence-corrected chi connectivity index (χ0v) is 38.3. The maximum Gasteiger partial charge on any atom is 0.127 e. The molecular weight excluding hydrogens is 745 g/mol. The maximum atomic E-state index is 6.25. The molecular formula is C54H78O2S2. The van der Waals surface area contributed by atoms with Crippen LogP contribution in [0.3, 0.4) is 0 Å². The van der Waals surface area contributed by atoms with Crippen LogP contribution in [0, 0.1) is 0 Å². The predicted octanol–water partition coefficient (Wildman–Crippen LogP) is 19.3. The van der Waals surface area contributed by atoms with Gasteiger partial charge in [-0.2, -0.15) is 0 Å². The van der Waals surface area contributed by atoms with E-state index < -0.39 is 0 Å². The van der Waals surface area contributed by atoms with Crippen molar-refractivity contribution in [2.75, 3.05) is 0 Å². The fraction of sp³-hybridized carbons (Fsp3) is 0.556. The second-order valence-electron chi connectivity index (χ2n) is 16.6. The van der Waals surface area contributed by atoms with Crippen LogP contribution in [-0.2, 0) is 12.8 Å². The van der Waals surface area contributed by atoms with E-state index in [1.807, 2.05) is 0 Å². The molecule has 4 heteroatoms. The van der Waals surface area contributed by atoms with E-state index in [-0.39, 0.29) is 0 Å². The summed E-state index contributed by atoms with van der Waals surface area (Å²) >= 11 is 0. The number of rotatable bonds is 35. The summed E-state index contributed by atoms with van der Waals surface area (Å²) in [5.41, 5.74) is 2.74.